The molecule has 0 amide bonds. The van der Waals surface area contributed by atoms with Crippen LogP contribution in [0.3, 0.4) is 0 Å². The Kier molecular flexibility index (Phi) is 5.36. The van der Waals surface area contributed by atoms with Crippen molar-refractivity contribution in [1.82, 2.24) is 19.0 Å². The van der Waals surface area contributed by atoms with E-state index in [1.54, 1.807) is 6.92 Å². The normalized spacial score (nSPS) is 17.2. The van der Waals surface area contributed by atoms with Gasteiger partial charge in [0.2, 0.25) is 10.0 Å². The molecule has 1 saturated heterocycles. The molecule has 0 N–H and O–H groups in total. The molecule has 1 aliphatic rings. The quantitative estimate of drug-likeness (QED) is 0.750. The average molecular weight is 420 g/mol. The van der Waals surface area contributed by atoms with Gasteiger partial charge in [-0.15, -0.1) is 0 Å². The van der Waals surface area contributed by atoms with Crippen molar-refractivity contribution >= 4 is 10.0 Å². The van der Waals surface area contributed by atoms with Crippen molar-refractivity contribution in [2.45, 2.75) is 44.3 Å². The van der Waals surface area contributed by atoms with Gasteiger partial charge in [-0.05, 0) is 32.6 Å². The van der Waals surface area contributed by atoms with Crippen LogP contribution in [0.2, 0.25) is 0 Å². The Morgan fingerprint density at radius 2 is 1.89 bits per heavy atom. The highest BCUT2D eigenvalue weighted by molar-refractivity contribution is 7.89. The summed E-state index contributed by atoms with van der Waals surface area (Å²) in [5.74, 6) is 0.175. The second-order valence-electron chi connectivity index (χ2n) is 6.76. The van der Waals surface area contributed by atoms with Crippen LogP contribution in [0.1, 0.15) is 30.0 Å². The third-order valence-corrected chi connectivity index (χ3v) is 6.91. The first-order valence-electron chi connectivity index (χ1n) is 8.57. The summed E-state index contributed by atoms with van der Waals surface area (Å²) in [6, 6.07) is 0.469. The molecule has 0 unspecified atom stereocenters. The predicted octanol–water partition coefficient (Wildman–Crippen LogP) is 1.97. The van der Waals surface area contributed by atoms with Crippen LogP contribution in [0.5, 0.6) is 0 Å². The first kappa shape index (κ1) is 20.5. The van der Waals surface area contributed by atoms with Gasteiger partial charge in [-0.1, -0.05) is 5.16 Å². The fourth-order valence-electron chi connectivity index (χ4n) is 3.30. The van der Waals surface area contributed by atoms with E-state index < -0.39 is 27.5 Å². The SMILES string of the molecule is Cc1noc(C)c1S(=O)(=O)N1CCC(Cn2cnc(C(F)(F)F)cc2=O)CC1. The van der Waals surface area contributed by atoms with Crippen LogP contribution >= 0.6 is 0 Å². The highest BCUT2D eigenvalue weighted by atomic mass is 32.2. The second kappa shape index (κ2) is 7.32. The molecule has 12 heteroatoms. The molecule has 1 aliphatic heterocycles. The Morgan fingerprint density at radius 1 is 1.25 bits per heavy atom. The first-order valence-corrected chi connectivity index (χ1v) is 10.0. The highest BCUT2D eigenvalue weighted by Crippen LogP contribution is 2.28. The molecule has 0 aromatic carbocycles. The van der Waals surface area contributed by atoms with Crippen LogP contribution in [0.4, 0.5) is 13.2 Å². The smallest absolute Gasteiger partial charge is 0.360 e. The van der Waals surface area contributed by atoms with Gasteiger partial charge >= 0.3 is 6.18 Å². The molecule has 0 radical (unpaired) electrons. The minimum Gasteiger partial charge on any atom is -0.360 e. The maximum atomic E-state index is 12.8. The zero-order valence-corrected chi connectivity index (χ0v) is 16.0. The second-order valence-corrected chi connectivity index (χ2v) is 8.64. The van der Waals surface area contributed by atoms with Gasteiger partial charge in [0, 0.05) is 25.7 Å². The van der Waals surface area contributed by atoms with Gasteiger partial charge in [-0.2, -0.15) is 17.5 Å². The molecule has 0 bridgehead atoms. The summed E-state index contributed by atoms with van der Waals surface area (Å²) in [6.07, 6.45) is -2.85. The lowest BCUT2D eigenvalue weighted by Gasteiger charge is -2.31. The Hall–Kier alpha value is -2.21. The number of aryl methyl sites for hydroxylation is 2. The largest absolute Gasteiger partial charge is 0.433 e. The number of hydrogen-bond donors (Lipinski definition) is 0. The van der Waals surface area contributed by atoms with Crippen molar-refractivity contribution in [3.8, 4) is 0 Å². The lowest BCUT2D eigenvalue weighted by atomic mass is 9.98. The molecule has 2 aromatic heterocycles. The minimum absolute atomic E-state index is 0.0487. The van der Waals surface area contributed by atoms with Crippen LogP contribution in [-0.2, 0) is 22.7 Å². The van der Waals surface area contributed by atoms with Crippen LogP contribution < -0.4 is 5.56 Å². The molecule has 0 atom stereocenters. The van der Waals surface area contributed by atoms with Gasteiger partial charge in [0.15, 0.2) is 11.5 Å². The van der Waals surface area contributed by atoms with Crippen LogP contribution in [-0.4, -0.2) is 40.5 Å². The minimum atomic E-state index is -4.67. The van der Waals surface area contributed by atoms with Crippen LogP contribution in [0.15, 0.2) is 26.6 Å². The number of nitrogens with zero attached hydrogens (tertiary/aromatic N) is 4. The maximum Gasteiger partial charge on any atom is 0.433 e. The summed E-state index contributed by atoms with van der Waals surface area (Å²) < 4.78 is 70.8. The zero-order chi connectivity index (χ0) is 20.7. The third-order valence-electron chi connectivity index (χ3n) is 4.76. The molecule has 1 fully saturated rings. The number of rotatable bonds is 4. The van der Waals surface area contributed by atoms with Gasteiger partial charge in [0.05, 0.1) is 6.33 Å². The number of aromatic nitrogens is 3. The van der Waals surface area contributed by atoms with E-state index >= 15 is 0 Å². The molecule has 154 valence electrons. The summed E-state index contributed by atoms with van der Waals surface area (Å²) in [5, 5.41) is 3.68. The molecule has 8 nitrogen and oxygen atoms in total. The van der Waals surface area contributed by atoms with E-state index in [1.165, 1.54) is 11.2 Å². The topological polar surface area (TPSA) is 98.3 Å². The number of halogens is 3. The van der Waals surface area contributed by atoms with Crippen LogP contribution in [0, 0.1) is 19.8 Å². The number of hydrogen-bond acceptors (Lipinski definition) is 6. The Bertz CT molecular complexity index is 1000. The van der Waals surface area contributed by atoms with E-state index in [4.69, 9.17) is 4.52 Å². The van der Waals surface area contributed by atoms with Gasteiger partial charge in [0.1, 0.15) is 10.6 Å². The fourth-order valence-corrected chi connectivity index (χ4v) is 5.06. The highest BCUT2D eigenvalue weighted by Gasteiger charge is 2.35. The fraction of sp³-hybridized carbons (Fsp3) is 0.562. The molecule has 0 aliphatic carbocycles. The molecule has 0 spiro atoms. The van der Waals surface area contributed by atoms with Gasteiger partial charge in [0.25, 0.3) is 5.56 Å². The Morgan fingerprint density at radius 3 is 2.39 bits per heavy atom. The summed E-state index contributed by atoms with van der Waals surface area (Å²) in [7, 11) is -3.74. The standard InChI is InChI=1S/C16H19F3N4O4S/c1-10-15(11(2)27-21-10)28(25,26)23-5-3-12(4-6-23)8-22-9-20-13(7-14(22)24)16(17,18)19/h7,9,12H,3-6,8H2,1-2H3. The molecular weight excluding hydrogens is 401 g/mol. The van der Waals surface area contributed by atoms with E-state index in [9.17, 15) is 26.4 Å². The monoisotopic (exact) mass is 420 g/mol. The number of alkyl halides is 3. The zero-order valence-electron chi connectivity index (χ0n) is 15.2. The van der Waals surface area contributed by atoms with Gasteiger partial charge in [-0.25, -0.2) is 13.4 Å². The molecule has 28 heavy (non-hydrogen) atoms. The van der Waals surface area contributed by atoms with E-state index in [0.717, 1.165) is 10.9 Å². The molecular formula is C16H19F3N4O4S. The average Bonchev–Trinajstić information content (AvgIpc) is 2.95. The third kappa shape index (κ3) is 3.97. The van der Waals surface area contributed by atoms with Crippen LogP contribution in [0.25, 0.3) is 0 Å². The molecule has 2 aromatic rings. The summed E-state index contributed by atoms with van der Waals surface area (Å²) in [4.78, 5) is 15.3. The first-order chi connectivity index (χ1) is 13.0. The Labute approximate surface area is 159 Å². The van der Waals surface area contributed by atoms with Gasteiger partial charge < -0.3 is 4.52 Å². The van der Waals surface area contributed by atoms with Gasteiger partial charge in [-0.3, -0.25) is 9.36 Å². The van der Waals surface area contributed by atoms with Crippen molar-refractivity contribution in [2.75, 3.05) is 13.1 Å². The van der Waals surface area contributed by atoms with E-state index in [0.29, 0.717) is 24.6 Å². The lowest BCUT2D eigenvalue weighted by Crippen LogP contribution is -2.40. The number of sulfonamides is 1. The summed E-state index contributed by atoms with van der Waals surface area (Å²) >= 11 is 0. The van der Waals surface area contributed by atoms with Crippen molar-refractivity contribution < 1.29 is 26.1 Å². The summed E-state index contributed by atoms with van der Waals surface area (Å²) in [5.41, 5.74) is -1.72. The van der Waals surface area contributed by atoms with Crippen molar-refractivity contribution in [3.63, 3.8) is 0 Å². The lowest BCUT2D eigenvalue weighted by molar-refractivity contribution is -0.141. The number of piperidine rings is 1. The van der Waals surface area contributed by atoms with E-state index in [-0.39, 0.29) is 36.2 Å². The molecule has 3 rings (SSSR count). The van der Waals surface area contributed by atoms with E-state index in [2.05, 4.69) is 10.1 Å². The molecule has 3 heterocycles. The van der Waals surface area contributed by atoms with Crippen molar-refractivity contribution in [3.05, 3.63) is 39.9 Å². The summed E-state index contributed by atoms with van der Waals surface area (Å²) in [6.45, 7) is 3.74. The Balaban J connectivity index is 1.67. The predicted molar refractivity (Wildman–Crippen MR) is 91.0 cm³/mol. The molecule has 0 saturated carbocycles. The maximum absolute atomic E-state index is 12.8. The van der Waals surface area contributed by atoms with E-state index in [1.807, 2.05) is 0 Å². The van der Waals surface area contributed by atoms with Crippen molar-refractivity contribution in [1.29, 1.82) is 0 Å². The van der Waals surface area contributed by atoms with Crippen molar-refractivity contribution in [2.24, 2.45) is 5.92 Å².